The maximum absolute atomic E-state index is 13.8. The largest absolute Gasteiger partial charge is 0.466 e. The molecule has 0 aromatic carbocycles. The lowest BCUT2D eigenvalue weighted by atomic mass is 9.87. The molecule has 1 unspecified atom stereocenters. The molecule has 0 bridgehead atoms. The van der Waals surface area contributed by atoms with E-state index < -0.39 is 11.4 Å². The van der Waals surface area contributed by atoms with Gasteiger partial charge in [0.15, 0.2) is 0 Å². The minimum absolute atomic E-state index is 0.0718. The van der Waals surface area contributed by atoms with E-state index >= 15 is 0 Å². The monoisotopic (exact) mass is 454 g/mol. The molecule has 0 spiro atoms. The molecule has 3 fully saturated rings. The third-order valence-corrected chi connectivity index (χ3v) is 6.73. The van der Waals surface area contributed by atoms with Crippen LogP contribution in [0.2, 0.25) is 0 Å². The first-order valence-electron chi connectivity index (χ1n) is 12.3. The average Bonchev–Trinajstić information content (AvgIpc) is 3.44. The van der Waals surface area contributed by atoms with Gasteiger partial charge < -0.3 is 18.9 Å². The SMILES string of the molecule is CCOC(=O)[C@H]1CC[C@H](OC(C(=O)OC(C)(C)C)(N2CCCC2)N2CC[C@@H](OC)C2)CC1. The number of ether oxygens (including phenoxy) is 4. The third-order valence-electron chi connectivity index (χ3n) is 6.73. The van der Waals surface area contributed by atoms with Crippen molar-refractivity contribution in [2.75, 3.05) is 39.9 Å². The Morgan fingerprint density at radius 1 is 0.906 bits per heavy atom. The van der Waals surface area contributed by atoms with Gasteiger partial charge in [0.2, 0.25) is 0 Å². The van der Waals surface area contributed by atoms with Crippen LogP contribution in [0.4, 0.5) is 0 Å². The van der Waals surface area contributed by atoms with E-state index in [1.807, 2.05) is 27.7 Å². The van der Waals surface area contributed by atoms with Crippen molar-refractivity contribution in [1.29, 1.82) is 0 Å². The number of hydrogen-bond acceptors (Lipinski definition) is 8. The Kier molecular flexibility index (Phi) is 8.58. The number of carbonyl (C=O) groups excluding carboxylic acids is 2. The molecule has 8 nitrogen and oxygen atoms in total. The van der Waals surface area contributed by atoms with Crippen LogP contribution in [0.3, 0.4) is 0 Å². The third kappa shape index (κ3) is 5.82. The first kappa shape index (κ1) is 25.4. The van der Waals surface area contributed by atoms with E-state index in [1.54, 1.807) is 7.11 Å². The Bertz CT molecular complexity index is 637. The van der Waals surface area contributed by atoms with Gasteiger partial charge in [-0.3, -0.25) is 14.6 Å². The summed E-state index contributed by atoms with van der Waals surface area (Å²) in [6, 6.07) is 0. The van der Waals surface area contributed by atoms with Gasteiger partial charge in [-0.1, -0.05) is 0 Å². The predicted molar refractivity (Wildman–Crippen MR) is 120 cm³/mol. The molecule has 2 heterocycles. The molecule has 3 rings (SSSR count). The van der Waals surface area contributed by atoms with Gasteiger partial charge in [0.25, 0.3) is 5.85 Å². The molecular formula is C24H42N2O6. The van der Waals surface area contributed by atoms with Crippen LogP contribution >= 0.6 is 0 Å². The number of hydrogen-bond donors (Lipinski definition) is 0. The van der Waals surface area contributed by atoms with E-state index in [0.29, 0.717) is 32.5 Å². The zero-order valence-electron chi connectivity index (χ0n) is 20.6. The Hall–Kier alpha value is -1.22. The molecule has 32 heavy (non-hydrogen) atoms. The zero-order chi connectivity index (χ0) is 23.4. The Balaban J connectivity index is 1.84. The lowest BCUT2D eigenvalue weighted by molar-refractivity contribution is -0.275. The fourth-order valence-electron chi connectivity index (χ4n) is 5.12. The molecule has 0 aromatic rings. The predicted octanol–water partition coefficient (Wildman–Crippen LogP) is 2.94. The van der Waals surface area contributed by atoms with E-state index in [2.05, 4.69) is 9.80 Å². The number of rotatable bonds is 8. The van der Waals surface area contributed by atoms with Crippen LogP contribution in [-0.4, -0.2) is 85.3 Å². The standard InChI is InChI=1S/C24H42N2O6/c1-6-30-21(27)18-9-11-19(12-10-18)31-24(25-14-7-8-15-25,22(28)32-23(2,3)4)26-16-13-20(17-26)29-5/h18-20H,6-17H2,1-5H3/t18-,19-,20-,24?/m1/s1. The van der Waals surface area contributed by atoms with Crippen LogP contribution in [0.1, 0.15) is 72.6 Å². The summed E-state index contributed by atoms with van der Waals surface area (Å²) in [5, 5.41) is 0. The summed E-state index contributed by atoms with van der Waals surface area (Å²) in [5.41, 5.74) is -0.618. The molecule has 2 saturated heterocycles. The van der Waals surface area contributed by atoms with Gasteiger partial charge in [0.1, 0.15) is 5.60 Å². The van der Waals surface area contributed by atoms with Gasteiger partial charge in [-0.05, 0) is 72.6 Å². The number of carbonyl (C=O) groups is 2. The second kappa shape index (κ2) is 10.8. The highest BCUT2D eigenvalue weighted by Gasteiger charge is 2.56. The zero-order valence-corrected chi connectivity index (χ0v) is 20.6. The van der Waals surface area contributed by atoms with Crippen molar-refractivity contribution in [3.63, 3.8) is 0 Å². The van der Waals surface area contributed by atoms with Crippen molar-refractivity contribution in [2.45, 2.75) is 96.3 Å². The van der Waals surface area contributed by atoms with Crippen molar-refractivity contribution < 1.29 is 28.5 Å². The molecule has 0 amide bonds. The number of likely N-dealkylation sites (tertiary alicyclic amines) is 2. The molecule has 1 aliphatic carbocycles. The quantitative estimate of drug-likeness (QED) is 0.518. The highest BCUT2D eigenvalue weighted by atomic mass is 16.6. The molecule has 3 aliphatic rings. The highest BCUT2D eigenvalue weighted by Crippen LogP contribution is 2.38. The van der Waals surface area contributed by atoms with Gasteiger partial charge in [-0.15, -0.1) is 0 Å². The fraction of sp³-hybridized carbons (Fsp3) is 0.917. The van der Waals surface area contributed by atoms with Gasteiger partial charge in [0, 0.05) is 33.3 Å². The molecular weight excluding hydrogens is 412 g/mol. The van der Waals surface area contributed by atoms with Crippen LogP contribution in [-0.2, 0) is 28.5 Å². The summed E-state index contributed by atoms with van der Waals surface area (Å²) in [4.78, 5) is 30.3. The molecule has 8 heteroatoms. The first-order valence-corrected chi connectivity index (χ1v) is 12.3. The van der Waals surface area contributed by atoms with Crippen molar-refractivity contribution in [2.24, 2.45) is 5.92 Å². The second-order valence-electron chi connectivity index (χ2n) is 10.2. The maximum Gasteiger partial charge on any atom is 0.371 e. The van der Waals surface area contributed by atoms with Crippen LogP contribution in [0, 0.1) is 5.92 Å². The van der Waals surface area contributed by atoms with Crippen LogP contribution < -0.4 is 0 Å². The van der Waals surface area contributed by atoms with Crippen molar-refractivity contribution in [1.82, 2.24) is 9.80 Å². The molecule has 184 valence electrons. The van der Waals surface area contributed by atoms with E-state index in [0.717, 1.165) is 45.2 Å². The van der Waals surface area contributed by atoms with Gasteiger partial charge >= 0.3 is 11.9 Å². The molecule has 2 aliphatic heterocycles. The van der Waals surface area contributed by atoms with Gasteiger partial charge in [-0.2, -0.15) is 0 Å². The summed E-state index contributed by atoms with van der Waals surface area (Å²) in [7, 11) is 1.72. The summed E-state index contributed by atoms with van der Waals surface area (Å²) in [6.07, 6.45) is 5.76. The van der Waals surface area contributed by atoms with Crippen molar-refractivity contribution in [3.05, 3.63) is 0 Å². The van der Waals surface area contributed by atoms with Gasteiger partial charge in [-0.25, -0.2) is 4.79 Å². The minimum atomic E-state index is -1.25. The molecule has 1 saturated carbocycles. The van der Waals surface area contributed by atoms with E-state index in [9.17, 15) is 9.59 Å². The Labute approximate surface area is 192 Å². The Morgan fingerprint density at radius 2 is 1.56 bits per heavy atom. The van der Waals surface area contributed by atoms with Crippen molar-refractivity contribution >= 4 is 11.9 Å². The van der Waals surface area contributed by atoms with Crippen LogP contribution in [0.25, 0.3) is 0 Å². The molecule has 2 atom stereocenters. The lowest BCUT2D eigenvalue weighted by Gasteiger charge is -2.48. The normalized spacial score (nSPS) is 29.6. The minimum Gasteiger partial charge on any atom is -0.466 e. The lowest BCUT2D eigenvalue weighted by Crippen LogP contribution is -2.68. The number of esters is 2. The summed E-state index contributed by atoms with van der Waals surface area (Å²) in [6.45, 7) is 10.9. The van der Waals surface area contributed by atoms with E-state index in [1.165, 1.54) is 0 Å². The topological polar surface area (TPSA) is 77.5 Å². The summed E-state index contributed by atoms with van der Waals surface area (Å²) in [5.74, 6) is -1.79. The van der Waals surface area contributed by atoms with E-state index in [-0.39, 0.29) is 30.1 Å². The molecule has 0 N–H and O–H groups in total. The average molecular weight is 455 g/mol. The molecule has 0 aromatic heterocycles. The highest BCUT2D eigenvalue weighted by molar-refractivity contribution is 5.79. The summed E-state index contributed by atoms with van der Waals surface area (Å²) < 4.78 is 23.6. The number of methoxy groups -OCH3 is 1. The Morgan fingerprint density at radius 3 is 2.09 bits per heavy atom. The van der Waals surface area contributed by atoms with Crippen LogP contribution in [0.15, 0.2) is 0 Å². The maximum atomic E-state index is 13.8. The molecule has 0 radical (unpaired) electrons. The first-order chi connectivity index (χ1) is 15.2. The fourth-order valence-corrected chi connectivity index (χ4v) is 5.12. The van der Waals surface area contributed by atoms with Crippen molar-refractivity contribution in [3.8, 4) is 0 Å². The van der Waals surface area contributed by atoms with E-state index in [4.69, 9.17) is 18.9 Å². The summed E-state index contributed by atoms with van der Waals surface area (Å²) >= 11 is 0. The van der Waals surface area contributed by atoms with Crippen LogP contribution in [0.5, 0.6) is 0 Å². The second-order valence-corrected chi connectivity index (χ2v) is 10.2. The smallest absolute Gasteiger partial charge is 0.371 e. The van der Waals surface area contributed by atoms with Gasteiger partial charge in [0.05, 0.1) is 24.7 Å². The number of nitrogens with zero attached hydrogens (tertiary/aromatic N) is 2.